The van der Waals surface area contributed by atoms with Crippen molar-refractivity contribution in [2.75, 3.05) is 11.9 Å². The number of hydrogen-bond donors (Lipinski definition) is 2. The smallest absolute Gasteiger partial charge is 0.292 e. The predicted molar refractivity (Wildman–Crippen MR) is 67.2 cm³/mol. The summed E-state index contributed by atoms with van der Waals surface area (Å²) in [7, 11) is 0. The highest BCUT2D eigenvalue weighted by Crippen LogP contribution is 2.25. The molecule has 1 aromatic carbocycles. The topological polar surface area (TPSA) is 67.2 Å². The third kappa shape index (κ3) is 2.94. The van der Waals surface area contributed by atoms with Gasteiger partial charge in [0, 0.05) is 18.2 Å². The third-order valence-electron chi connectivity index (χ3n) is 3.08. The number of nitrogens with zero attached hydrogens (tertiary/aromatic N) is 1. The highest BCUT2D eigenvalue weighted by Gasteiger charge is 2.21. The van der Waals surface area contributed by atoms with Gasteiger partial charge < -0.3 is 10.6 Å². The fourth-order valence-electron chi connectivity index (χ4n) is 2.24. The van der Waals surface area contributed by atoms with Crippen LogP contribution < -0.4 is 10.6 Å². The molecule has 2 N–H and O–H groups in total. The van der Waals surface area contributed by atoms with Crippen LogP contribution in [0.2, 0.25) is 0 Å². The molecule has 0 bridgehead atoms. The molecule has 0 aliphatic carbocycles. The van der Waals surface area contributed by atoms with E-state index >= 15 is 0 Å². The number of nitrogens with one attached hydrogen (secondary N) is 2. The van der Waals surface area contributed by atoms with Crippen molar-refractivity contribution in [3.63, 3.8) is 0 Å². The number of nitro benzene ring substituents is 1. The van der Waals surface area contributed by atoms with Gasteiger partial charge >= 0.3 is 0 Å². The summed E-state index contributed by atoms with van der Waals surface area (Å²) in [6, 6.07) is 7.59. The van der Waals surface area contributed by atoms with Gasteiger partial charge in [-0.05, 0) is 32.4 Å². The minimum absolute atomic E-state index is 0.152. The molecule has 1 saturated heterocycles. The zero-order chi connectivity index (χ0) is 12.3. The van der Waals surface area contributed by atoms with E-state index in [0.717, 1.165) is 19.4 Å². The SMILES string of the molecule is CC1CC(Nc2ccccc2[N+](=O)[O-])CCN1. The van der Waals surface area contributed by atoms with Gasteiger partial charge in [-0.15, -0.1) is 0 Å². The molecule has 1 heterocycles. The van der Waals surface area contributed by atoms with Crippen LogP contribution in [0.25, 0.3) is 0 Å². The number of rotatable bonds is 3. The zero-order valence-corrected chi connectivity index (χ0v) is 9.85. The molecular weight excluding hydrogens is 218 g/mol. The second-order valence-corrected chi connectivity index (χ2v) is 4.50. The number of anilines is 1. The molecule has 92 valence electrons. The van der Waals surface area contributed by atoms with E-state index in [4.69, 9.17) is 0 Å². The van der Waals surface area contributed by atoms with Crippen LogP contribution in [0.1, 0.15) is 19.8 Å². The van der Waals surface area contributed by atoms with Crippen molar-refractivity contribution in [3.05, 3.63) is 34.4 Å². The van der Waals surface area contributed by atoms with Gasteiger partial charge in [0.15, 0.2) is 0 Å². The molecule has 0 aromatic heterocycles. The average Bonchev–Trinajstić information content (AvgIpc) is 2.29. The van der Waals surface area contributed by atoms with Crippen molar-refractivity contribution in [1.29, 1.82) is 0 Å². The molecule has 1 fully saturated rings. The zero-order valence-electron chi connectivity index (χ0n) is 9.85. The van der Waals surface area contributed by atoms with E-state index in [0.29, 0.717) is 17.8 Å². The molecule has 1 aromatic rings. The lowest BCUT2D eigenvalue weighted by Crippen LogP contribution is -2.41. The molecule has 5 nitrogen and oxygen atoms in total. The van der Waals surface area contributed by atoms with Gasteiger partial charge in [0.1, 0.15) is 5.69 Å². The molecule has 1 aliphatic rings. The summed E-state index contributed by atoms with van der Waals surface area (Å²) in [5.74, 6) is 0. The second-order valence-electron chi connectivity index (χ2n) is 4.50. The molecular formula is C12H17N3O2. The van der Waals surface area contributed by atoms with E-state index in [2.05, 4.69) is 17.6 Å². The molecule has 0 amide bonds. The van der Waals surface area contributed by atoms with Crippen LogP contribution in [0, 0.1) is 10.1 Å². The van der Waals surface area contributed by atoms with Crippen molar-refractivity contribution in [3.8, 4) is 0 Å². The first-order chi connectivity index (χ1) is 8.16. The molecule has 0 spiro atoms. The Morgan fingerprint density at radius 2 is 2.24 bits per heavy atom. The molecule has 5 heteroatoms. The van der Waals surface area contributed by atoms with Crippen LogP contribution >= 0.6 is 0 Å². The fraction of sp³-hybridized carbons (Fsp3) is 0.500. The quantitative estimate of drug-likeness (QED) is 0.622. The Morgan fingerprint density at radius 3 is 2.94 bits per heavy atom. The van der Waals surface area contributed by atoms with E-state index in [1.807, 2.05) is 6.07 Å². The van der Waals surface area contributed by atoms with E-state index < -0.39 is 0 Å². The highest BCUT2D eigenvalue weighted by molar-refractivity contribution is 5.61. The van der Waals surface area contributed by atoms with Crippen molar-refractivity contribution >= 4 is 11.4 Å². The number of hydrogen-bond acceptors (Lipinski definition) is 4. The van der Waals surface area contributed by atoms with Gasteiger partial charge in [0.05, 0.1) is 4.92 Å². The van der Waals surface area contributed by atoms with Crippen LogP contribution in [-0.2, 0) is 0 Å². The van der Waals surface area contributed by atoms with E-state index in [1.165, 1.54) is 6.07 Å². The Balaban J connectivity index is 2.10. The predicted octanol–water partition coefficient (Wildman–Crippen LogP) is 2.15. The maximum absolute atomic E-state index is 10.9. The Labute approximate surface area is 100 Å². The average molecular weight is 235 g/mol. The summed E-state index contributed by atoms with van der Waals surface area (Å²) in [4.78, 5) is 10.5. The number of nitro groups is 1. The fourth-order valence-corrected chi connectivity index (χ4v) is 2.24. The maximum atomic E-state index is 10.9. The van der Waals surface area contributed by atoms with Crippen molar-refractivity contribution in [2.45, 2.75) is 31.8 Å². The summed E-state index contributed by atoms with van der Waals surface area (Å²) in [5, 5.41) is 17.5. The lowest BCUT2D eigenvalue weighted by molar-refractivity contribution is -0.384. The Hall–Kier alpha value is -1.62. The first-order valence-electron chi connectivity index (χ1n) is 5.90. The van der Waals surface area contributed by atoms with E-state index in [-0.39, 0.29) is 10.6 Å². The van der Waals surface area contributed by atoms with Gasteiger partial charge in [-0.2, -0.15) is 0 Å². The van der Waals surface area contributed by atoms with E-state index in [9.17, 15) is 10.1 Å². The van der Waals surface area contributed by atoms with Crippen molar-refractivity contribution in [2.24, 2.45) is 0 Å². The molecule has 1 aliphatic heterocycles. The van der Waals surface area contributed by atoms with Gasteiger partial charge in [-0.25, -0.2) is 0 Å². The molecule has 2 rings (SSSR count). The third-order valence-corrected chi connectivity index (χ3v) is 3.08. The Morgan fingerprint density at radius 1 is 1.47 bits per heavy atom. The lowest BCUT2D eigenvalue weighted by atomic mass is 10.0. The first kappa shape index (κ1) is 11.9. The molecule has 17 heavy (non-hydrogen) atoms. The molecule has 0 saturated carbocycles. The normalized spacial score (nSPS) is 24.3. The number of benzene rings is 1. The lowest BCUT2D eigenvalue weighted by Gasteiger charge is -2.29. The summed E-state index contributed by atoms with van der Waals surface area (Å²) < 4.78 is 0. The Kier molecular flexibility index (Phi) is 3.58. The molecule has 2 unspecified atom stereocenters. The monoisotopic (exact) mass is 235 g/mol. The largest absolute Gasteiger partial charge is 0.377 e. The maximum Gasteiger partial charge on any atom is 0.292 e. The van der Waals surface area contributed by atoms with Gasteiger partial charge in [-0.3, -0.25) is 10.1 Å². The summed E-state index contributed by atoms with van der Waals surface area (Å²) in [5.41, 5.74) is 0.773. The van der Waals surface area contributed by atoms with Gasteiger partial charge in [-0.1, -0.05) is 12.1 Å². The summed E-state index contributed by atoms with van der Waals surface area (Å²) in [6.07, 6.45) is 1.99. The van der Waals surface area contributed by atoms with Crippen LogP contribution in [0.5, 0.6) is 0 Å². The van der Waals surface area contributed by atoms with Gasteiger partial charge in [0.25, 0.3) is 5.69 Å². The second kappa shape index (κ2) is 5.14. The van der Waals surface area contributed by atoms with Crippen LogP contribution in [0.3, 0.4) is 0 Å². The van der Waals surface area contributed by atoms with Crippen LogP contribution in [0.4, 0.5) is 11.4 Å². The molecule has 0 radical (unpaired) electrons. The number of piperidine rings is 1. The minimum Gasteiger partial charge on any atom is -0.377 e. The first-order valence-corrected chi connectivity index (χ1v) is 5.90. The summed E-state index contributed by atoms with van der Waals surface area (Å²) in [6.45, 7) is 3.09. The summed E-state index contributed by atoms with van der Waals surface area (Å²) >= 11 is 0. The number of para-hydroxylation sites is 2. The standard InChI is InChI=1S/C12H17N3O2/c1-9-8-10(6-7-13-9)14-11-4-2-3-5-12(11)15(16)17/h2-5,9-10,13-14H,6-8H2,1H3. The van der Waals surface area contributed by atoms with E-state index in [1.54, 1.807) is 12.1 Å². The van der Waals surface area contributed by atoms with Crippen LogP contribution in [-0.4, -0.2) is 23.6 Å². The Bertz CT molecular complexity index is 408. The van der Waals surface area contributed by atoms with Gasteiger partial charge in [0.2, 0.25) is 0 Å². The minimum atomic E-state index is -0.340. The highest BCUT2D eigenvalue weighted by atomic mass is 16.6. The molecule has 2 atom stereocenters. The van der Waals surface area contributed by atoms with Crippen LogP contribution in [0.15, 0.2) is 24.3 Å². The van der Waals surface area contributed by atoms with Crippen molar-refractivity contribution < 1.29 is 4.92 Å². The van der Waals surface area contributed by atoms with Crippen molar-refractivity contribution in [1.82, 2.24) is 5.32 Å².